The summed E-state index contributed by atoms with van der Waals surface area (Å²) in [7, 11) is 0. The van der Waals surface area contributed by atoms with Crippen molar-refractivity contribution in [2.24, 2.45) is 0 Å². The molecule has 3 aliphatic carbocycles. The van der Waals surface area contributed by atoms with Gasteiger partial charge in [0.2, 0.25) is 0 Å². The molecule has 228 valence electrons. The molecule has 1 heterocycles. The number of nitrogens with zero attached hydrogens (tertiary/aromatic N) is 1. The van der Waals surface area contributed by atoms with E-state index < -0.39 is 0 Å². The Bertz CT molecular complexity index is 2800. The van der Waals surface area contributed by atoms with E-state index in [1.807, 2.05) is 0 Å². The van der Waals surface area contributed by atoms with Crippen LogP contribution >= 0.6 is 0 Å². The van der Waals surface area contributed by atoms with Crippen LogP contribution in [0.15, 0.2) is 175 Å². The number of benzene rings is 7. The second-order valence-electron chi connectivity index (χ2n) is 13.5. The highest BCUT2D eigenvalue weighted by Crippen LogP contribution is 2.61. The largest absolute Gasteiger partial charge is 0.309 e. The van der Waals surface area contributed by atoms with Crippen LogP contribution in [-0.4, -0.2) is 4.57 Å². The molecule has 0 spiro atoms. The van der Waals surface area contributed by atoms with Crippen LogP contribution in [-0.2, 0) is 6.42 Å². The van der Waals surface area contributed by atoms with E-state index in [2.05, 4.69) is 168 Å². The third kappa shape index (κ3) is 3.70. The van der Waals surface area contributed by atoms with Gasteiger partial charge in [0.1, 0.15) is 0 Å². The van der Waals surface area contributed by atoms with E-state index in [0.717, 1.165) is 12.8 Å². The van der Waals surface area contributed by atoms with Gasteiger partial charge in [0, 0.05) is 16.5 Å². The van der Waals surface area contributed by atoms with Crippen molar-refractivity contribution in [3.05, 3.63) is 208 Å². The standard InChI is InChI=1S/C48H31N/c1-2-16-33(17-3-1)49-42-24-11-10-20-36(42)41-29-32(26-28-43(41)49)44-45-35-19-7-5-14-31(35)25-27-40(45)48-46(38-21-8-9-22-39(38)47(44)48)37-23-12-15-30-13-4-6-18-34(30)37/h1-24,26,28-29H,25,27H2. The second kappa shape index (κ2) is 10.2. The summed E-state index contributed by atoms with van der Waals surface area (Å²) >= 11 is 0. The van der Waals surface area contributed by atoms with Gasteiger partial charge in [-0.15, -0.1) is 0 Å². The summed E-state index contributed by atoms with van der Waals surface area (Å²) in [5.41, 5.74) is 20.3. The first-order chi connectivity index (χ1) is 24.3. The van der Waals surface area contributed by atoms with Gasteiger partial charge >= 0.3 is 0 Å². The van der Waals surface area contributed by atoms with Gasteiger partial charge in [0.05, 0.1) is 11.0 Å². The molecular weight excluding hydrogens is 591 g/mol. The molecule has 0 unspecified atom stereocenters. The molecule has 0 saturated carbocycles. The van der Waals surface area contributed by atoms with Crippen molar-refractivity contribution in [1.82, 2.24) is 4.57 Å². The van der Waals surface area contributed by atoms with Crippen LogP contribution in [0.3, 0.4) is 0 Å². The number of aryl methyl sites for hydroxylation is 1. The van der Waals surface area contributed by atoms with Crippen LogP contribution in [0.1, 0.15) is 39.8 Å². The maximum Gasteiger partial charge on any atom is 0.0541 e. The van der Waals surface area contributed by atoms with E-state index in [1.54, 1.807) is 0 Å². The van der Waals surface area contributed by atoms with Crippen molar-refractivity contribution in [2.75, 3.05) is 0 Å². The number of para-hydroxylation sites is 2. The lowest BCUT2D eigenvalue weighted by Gasteiger charge is -2.23. The lowest BCUT2D eigenvalue weighted by molar-refractivity contribution is 0.941. The lowest BCUT2D eigenvalue weighted by atomic mass is 9.80. The predicted octanol–water partition coefficient (Wildman–Crippen LogP) is 12.1. The van der Waals surface area contributed by atoms with Crippen LogP contribution in [0, 0.1) is 0 Å². The summed E-state index contributed by atoms with van der Waals surface area (Å²) in [5, 5.41) is 5.16. The molecule has 0 aliphatic heterocycles. The number of aromatic nitrogens is 1. The van der Waals surface area contributed by atoms with Crippen LogP contribution in [0.5, 0.6) is 0 Å². The Morgan fingerprint density at radius 2 is 1.02 bits per heavy atom. The van der Waals surface area contributed by atoms with Gasteiger partial charge in [-0.1, -0.05) is 133 Å². The first-order valence-electron chi connectivity index (χ1n) is 17.3. The Balaban J connectivity index is 1.26. The Hall–Kier alpha value is -6.18. The first-order valence-corrected chi connectivity index (χ1v) is 17.3. The number of rotatable bonds is 3. The molecule has 0 fully saturated rings. The van der Waals surface area contributed by atoms with E-state index in [-0.39, 0.29) is 0 Å². The van der Waals surface area contributed by atoms with Gasteiger partial charge in [0.25, 0.3) is 0 Å². The fourth-order valence-electron chi connectivity index (χ4n) is 9.06. The fraction of sp³-hybridized carbons (Fsp3) is 0.0417. The Morgan fingerprint density at radius 3 is 1.90 bits per heavy atom. The van der Waals surface area contributed by atoms with E-state index in [1.165, 1.54) is 105 Å². The SMILES string of the molecule is c1ccc(-n2c3ccccc3c3cc(C4=C5C(=C(c6cccc7ccccc67)c6ccccc65)C5=C4c4ccccc4CC5)ccc32)cc1. The van der Waals surface area contributed by atoms with Crippen molar-refractivity contribution >= 4 is 54.9 Å². The van der Waals surface area contributed by atoms with Gasteiger partial charge < -0.3 is 4.57 Å². The molecular formula is C48H31N. The van der Waals surface area contributed by atoms with Crippen LogP contribution in [0.2, 0.25) is 0 Å². The topological polar surface area (TPSA) is 4.93 Å². The summed E-state index contributed by atoms with van der Waals surface area (Å²) in [5.74, 6) is 0. The molecule has 7 aromatic carbocycles. The zero-order chi connectivity index (χ0) is 32.1. The van der Waals surface area contributed by atoms with Gasteiger partial charge in [-0.25, -0.2) is 0 Å². The van der Waals surface area contributed by atoms with E-state index in [9.17, 15) is 0 Å². The fourth-order valence-corrected chi connectivity index (χ4v) is 9.06. The van der Waals surface area contributed by atoms with Gasteiger partial charge in [-0.3, -0.25) is 0 Å². The van der Waals surface area contributed by atoms with Gasteiger partial charge in [-0.05, 0) is 121 Å². The van der Waals surface area contributed by atoms with Crippen molar-refractivity contribution < 1.29 is 0 Å². The van der Waals surface area contributed by atoms with E-state index >= 15 is 0 Å². The Morgan fingerprint density at radius 1 is 0.367 bits per heavy atom. The Labute approximate surface area is 285 Å². The molecule has 0 saturated heterocycles. The molecule has 1 heteroatoms. The Kier molecular flexibility index (Phi) is 5.57. The molecule has 0 radical (unpaired) electrons. The summed E-state index contributed by atoms with van der Waals surface area (Å²) < 4.78 is 2.41. The van der Waals surface area contributed by atoms with Gasteiger partial charge in [-0.2, -0.15) is 0 Å². The predicted molar refractivity (Wildman–Crippen MR) is 206 cm³/mol. The van der Waals surface area contributed by atoms with Crippen molar-refractivity contribution in [1.29, 1.82) is 0 Å². The van der Waals surface area contributed by atoms with Crippen LogP contribution in [0.4, 0.5) is 0 Å². The van der Waals surface area contributed by atoms with Crippen molar-refractivity contribution in [3.63, 3.8) is 0 Å². The molecule has 8 aromatic rings. The smallest absolute Gasteiger partial charge is 0.0541 e. The average molecular weight is 622 g/mol. The second-order valence-corrected chi connectivity index (χ2v) is 13.5. The maximum atomic E-state index is 2.47. The van der Waals surface area contributed by atoms with Gasteiger partial charge in [0.15, 0.2) is 0 Å². The normalized spacial score (nSPS) is 14.9. The molecule has 3 aliphatic rings. The zero-order valence-electron chi connectivity index (χ0n) is 26.9. The highest BCUT2D eigenvalue weighted by Gasteiger charge is 2.41. The minimum Gasteiger partial charge on any atom is -0.309 e. The maximum absolute atomic E-state index is 2.47. The molecule has 1 nitrogen and oxygen atoms in total. The van der Waals surface area contributed by atoms with E-state index in [0.29, 0.717) is 0 Å². The summed E-state index contributed by atoms with van der Waals surface area (Å²) in [6.45, 7) is 0. The molecule has 1 aromatic heterocycles. The minimum atomic E-state index is 1.03. The minimum absolute atomic E-state index is 1.03. The summed E-state index contributed by atoms with van der Waals surface area (Å²) in [6.07, 6.45) is 2.09. The van der Waals surface area contributed by atoms with Crippen LogP contribution in [0.25, 0.3) is 60.6 Å². The molecule has 0 amide bonds. The highest BCUT2D eigenvalue weighted by atomic mass is 15.0. The quantitative estimate of drug-likeness (QED) is 0.185. The number of allylic oxidation sites excluding steroid dienone is 5. The monoisotopic (exact) mass is 621 g/mol. The molecule has 49 heavy (non-hydrogen) atoms. The van der Waals surface area contributed by atoms with Crippen molar-refractivity contribution in [3.8, 4) is 5.69 Å². The number of hydrogen-bond acceptors (Lipinski definition) is 0. The average Bonchev–Trinajstić information content (AvgIpc) is 3.80. The molecule has 11 rings (SSSR count). The zero-order valence-corrected chi connectivity index (χ0v) is 26.9. The number of hydrogen-bond donors (Lipinski definition) is 0. The highest BCUT2D eigenvalue weighted by molar-refractivity contribution is 6.32. The van der Waals surface area contributed by atoms with Crippen molar-refractivity contribution in [2.45, 2.75) is 12.8 Å². The van der Waals surface area contributed by atoms with Crippen LogP contribution < -0.4 is 0 Å². The van der Waals surface area contributed by atoms with E-state index in [4.69, 9.17) is 0 Å². The number of fused-ring (bicyclic) bond motifs is 10. The molecule has 0 atom stereocenters. The lowest BCUT2D eigenvalue weighted by Crippen LogP contribution is -2.05. The summed E-state index contributed by atoms with van der Waals surface area (Å²) in [6, 6.07) is 60.7. The third-order valence-electron chi connectivity index (χ3n) is 11.0. The molecule has 0 N–H and O–H groups in total. The molecule has 0 bridgehead atoms. The first kappa shape index (κ1) is 26.8. The summed E-state index contributed by atoms with van der Waals surface area (Å²) in [4.78, 5) is 0. The third-order valence-corrected chi connectivity index (χ3v) is 11.0.